The molecule has 326 valence electrons. The number of esters is 2. The topological polar surface area (TPSA) is 157 Å². The van der Waals surface area contributed by atoms with Gasteiger partial charge in [-0.3, -0.25) is 25.0 Å². The largest absolute Gasteiger partial charge is 0.494 e. The van der Waals surface area contributed by atoms with E-state index in [-0.39, 0.29) is 39.5 Å². The van der Waals surface area contributed by atoms with E-state index in [2.05, 4.69) is 13.8 Å². The van der Waals surface area contributed by atoms with E-state index in [9.17, 15) is 29.8 Å². The zero-order chi connectivity index (χ0) is 43.5. The molecule has 0 heterocycles. The number of fused-ring (bicyclic) bond motifs is 3. The second-order valence-electron chi connectivity index (χ2n) is 17.1. The molecule has 0 spiro atoms. The van der Waals surface area contributed by atoms with Gasteiger partial charge in [-0.25, -0.2) is 4.79 Å². The molecule has 2 bridgehead atoms. The van der Waals surface area contributed by atoms with Gasteiger partial charge in [0.15, 0.2) is 0 Å². The number of hydrogen-bond acceptors (Lipinski definition) is 10. The second kappa shape index (κ2) is 21.1. The molecule has 6 rings (SSSR count). The van der Waals surface area contributed by atoms with Crippen molar-refractivity contribution in [2.75, 3.05) is 13.2 Å². The minimum atomic E-state index is -0.773. The Kier molecular flexibility index (Phi) is 16.3. The van der Waals surface area contributed by atoms with Crippen LogP contribution < -0.4 is 14.2 Å². The van der Waals surface area contributed by atoms with Crippen LogP contribution in [0.2, 0.25) is 0 Å². The fraction of sp³-hybridized carbons (Fsp3) is 0.583. The monoisotopic (exact) mass is 828 g/mol. The molecule has 12 nitrogen and oxygen atoms in total. The molecule has 60 heavy (non-hydrogen) atoms. The molecule has 0 unspecified atom stereocenters. The lowest BCUT2D eigenvalue weighted by atomic mass is 9.58. The number of nitrogens with zero attached hydrogens (tertiary/aromatic N) is 2. The Bertz CT molecular complexity index is 1980. The average molecular weight is 829 g/mol. The number of rotatable bonds is 23. The van der Waals surface area contributed by atoms with Gasteiger partial charge in [0, 0.05) is 17.7 Å². The SMILES string of the molecule is CCCCCCCCCCCCOc1ccc(C(=O)Oc2cc(C)c(-c3c(C)cc(OC(=O)C45CCC(OCCCC)(CC4)CC5)c([N+](=O)[O-])c3C)c(C)c2[N+](=O)[O-])cc1. The molecule has 0 N–H and O–H groups in total. The molecule has 3 aromatic carbocycles. The van der Waals surface area contributed by atoms with Gasteiger partial charge in [0.05, 0.1) is 33.0 Å². The van der Waals surface area contributed by atoms with E-state index in [1.807, 2.05) is 0 Å². The van der Waals surface area contributed by atoms with E-state index < -0.39 is 32.9 Å². The molecule has 0 aromatic heterocycles. The lowest BCUT2D eigenvalue weighted by Crippen LogP contribution is -2.52. The normalized spacial score (nSPS) is 18.3. The number of nitro benzene ring substituents is 2. The van der Waals surface area contributed by atoms with Crippen molar-refractivity contribution < 1.29 is 38.4 Å². The van der Waals surface area contributed by atoms with Gasteiger partial charge in [0.25, 0.3) is 0 Å². The summed E-state index contributed by atoms with van der Waals surface area (Å²) < 4.78 is 23.8. The highest BCUT2D eigenvalue weighted by Gasteiger charge is 2.54. The Morgan fingerprint density at radius 1 is 0.617 bits per heavy atom. The van der Waals surface area contributed by atoms with Crippen molar-refractivity contribution in [2.24, 2.45) is 5.41 Å². The highest BCUT2D eigenvalue weighted by molar-refractivity contribution is 5.93. The number of ether oxygens (including phenoxy) is 4. The highest BCUT2D eigenvalue weighted by Crippen LogP contribution is 2.55. The van der Waals surface area contributed by atoms with Gasteiger partial charge in [0.1, 0.15) is 5.75 Å². The Morgan fingerprint density at radius 2 is 1.08 bits per heavy atom. The third kappa shape index (κ3) is 10.9. The first-order chi connectivity index (χ1) is 28.8. The van der Waals surface area contributed by atoms with Gasteiger partial charge in [-0.15, -0.1) is 0 Å². The van der Waals surface area contributed by atoms with E-state index in [0.29, 0.717) is 60.5 Å². The van der Waals surface area contributed by atoms with Crippen molar-refractivity contribution in [3.05, 3.63) is 84.4 Å². The van der Waals surface area contributed by atoms with E-state index in [4.69, 9.17) is 18.9 Å². The number of carbonyl (C=O) groups excluding carboxylic acids is 2. The minimum absolute atomic E-state index is 0.148. The molecule has 3 saturated carbocycles. The Hall–Kier alpha value is -4.84. The van der Waals surface area contributed by atoms with Gasteiger partial charge in [0.2, 0.25) is 11.5 Å². The smallest absolute Gasteiger partial charge is 0.343 e. The summed E-state index contributed by atoms with van der Waals surface area (Å²) in [7, 11) is 0. The molecule has 0 amide bonds. The van der Waals surface area contributed by atoms with Gasteiger partial charge < -0.3 is 18.9 Å². The van der Waals surface area contributed by atoms with Crippen LogP contribution >= 0.6 is 0 Å². The quantitative estimate of drug-likeness (QED) is 0.0296. The third-order valence-corrected chi connectivity index (χ3v) is 12.8. The van der Waals surface area contributed by atoms with E-state index in [1.165, 1.54) is 70.4 Å². The maximum atomic E-state index is 13.8. The lowest BCUT2D eigenvalue weighted by molar-refractivity contribution is -0.386. The van der Waals surface area contributed by atoms with Crippen molar-refractivity contribution >= 4 is 23.3 Å². The highest BCUT2D eigenvalue weighted by atomic mass is 16.6. The molecule has 3 aliphatic rings. The van der Waals surface area contributed by atoms with Crippen LogP contribution in [-0.4, -0.2) is 40.6 Å². The maximum Gasteiger partial charge on any atom is 0.343 e. The van der Waals surface area contributed by atoms with Crippen molar-refractivity contribution in [3.8, 4) is 28.4 Å². The van der Waals surface area contributed by atoms with Crippen LogP contribution in [-0.2, 0) is 9.53 Å². The summed E-state index contributed by atoms with van der Waals surface area (Å²) in [5.74, 6) is -1.01. The van der Waals surface area contributed by atoms with Crippen LogP contribution in [0.15, 0.2) is 36.4 Å². The molecule has 0 aliphatic heterocycles. The van der Waals surface area contributed by atoms with Crippen LogP contribution in [0.25, 0.3) is 11.1 Å². The van der Waals surface area contributed by atoms with E-state index in [0.717, 1.165) is 44.9 Å². The predicted molar refractivity (Wildman–Crippen MR) is 232 cm³/mol. The van der Waals surface area contributed by atoms with Crippen LogP contribution in [0.5, 0.6) is 17.2 Å². The molecule has 0 radical (unpaired) electrons. The molecule has 0 atom stereocenters. The number of hydrogen-bond donors (Lipinski definition) is 0. The molecule has 0 saturated heterocycles. The zero-order valence-electron chi connectivity index (χ0n) is 36.6. The summed E-state index contributed by atoms with van der Waals surface area (Å²) in [6, 6.07) is 9.38. The Labute approximate surface area is 355 Å². The first kappa shape index (κ1) is 46.2. The number of nitro groups is 2. The van der Waals surface area contributed by atoms with Crippen LogP contribution in [0.1, 0.15) is 162 Å². The molecular weight excluding hydrogens is 765 g/mol. The standard InChI is InChI=1S/C48H64N2O10/c1-7-9-11-12-13-14-15-16-17-18-29-57-38-21-19-37(20-22-38)45(51)59-39-31-33(3)41(35(5)43(39)49(53)54)42-34(4)32-40(44(36(42)6)50(55)56)60-46(52)47-23-26-48(27-24-47,28-25-47)58-30-10-8-2/h19-22,31-32H,7-18,23-30H2,1-6H3. The van der Waals surface area contributed by atoms with Gasteiger partial charge in [-0.05, 0) is 138 Å². The van der Waals surface area contributed by atoms with Crippen molar-refractivity contribution in [2.45, 2.75) is 163 Å². The van der Waals surface area contributed by atoms with Gasteiger partial charge in [-0.1, -0.05) is 78.1 Å². The van der Waals surface area contributed by atoms with Crippen molar-refractivity contribution in [1.82, 2.24) is 0 Å². The van der Waals surface area contributed by atoms with E-state index >= 15 is 0 Å². The summed E-state index contributed by atoms with van der Waals surface area (Å²) in [6.45, 7) is 12.2. The molecule has 12 heteroatoms. The summed E-state index contributed by atoms with van der Waals surface area (Å²) in [6.07, 6.45) is 18.4. The third-order valence-electron chi connectivity index (χ3n) is 12.8. The summed E-state index contributed by atoms with van der Waals surface area (Å²) in [5, 5.41) is 25.3. The minimum Gasteiger partial charge on any atom is -0.494 e. The average Bonchev–Trinajstić information content (AvgIpc) is 3.21. The number of unbranched alkanes of at least 4 members (excludes halogenated alkanes) is 10. The van der Waals surface area contributed by atoms with Crippen LogP contribution in [0, 0.1) is 53.3 Å². The molecular formula is C48H64N2O10. The van der Waals surface area contributed by atoms with Crippen LogP contribution in [0.3, 0.4) is 0 Å². The second-order valence-corrected chi connectivity index (χ2v) is 17.1. The van der Waals surface area contributed by atoms with Crippen molar-refractivity contribution in [1.29, 1.82) is 0 Å². The zero-order valence-corrected chi connectivity index (χ0v) is 36.6. The Morgan fingerprint density at radius 3 is 1.57 bits per heavy atom. The predicted octanol–water partition coefficient (Wildman–Crippen LogP) is 12.7. The lowest BCUT2D eigenvalue weighted by Gasteiger charge is -2.51. The summed E-state index contributed by atoms with van der Waals surface area (Å²) in [5.41, 5.74) is 0.690. The molecule has 3 aromatic rings. The summed E-state index contributed by atoms with van der Waals surface area (Å²) >= 11 is 0. The Balaban J connectivity index is 1.27. The van der Waals surface area contributed by atoms with Crippen LogP contribution in [0.4, 0.5) is 11.4 Å². The molecule has 3 aliphatic carbocycles. The van der Waals surface area contributed by atoms with Gasteiger partial charge in [-0.2, -0.15) is 0 Å². The summed E-state index contributed by atoms with van der Waals surface area (Å²) in [4.78, 5) is 51.2. The fourth-order valence-electron chi connectivity index (χ4n) is 9.19. The number of carbonyl (C=O) groups is 2. The number of benzene rings is 3. The van der Waals surface area contributed by atoms with Gasteiger partial charge >= 0.3 is 23.3 Å². The molecule has 3 fully saturated rings. The van der Waals surface area contributed by atoms with Crippen molar-refractivity contribution in [3.63, 3.8) is 0 Å². The first-order valence-corrected chi connectivity index (χ1v) is 22.1. The van der Waals surface area contributed by atoms with E-state index in [1.54, 1.807) is 45.0 Å². The maximum absolute atomic E-state index is 13.8. The number of aryl methyl sites for hydroxylation is 2. The first-order valence-electron chi connectivity index (χ1n) is 22.1. The fourth-order valence-corrected chi connectivity index (χ4v) is 9.19.